The lowest BCUT2D eigenvalue weighted by atomic mass is 10.1. The zero-order chi connectivity index (χ0) is 14.8. The third-order valence-electron chi connectivity index (χ3n) is 3.06. The van der Waals surface area contributed by atoms with Crippen molar-refractivity contribution in [1.82, 2.24) is 4.98 Å². The van der Waals surface area contributed by atoms with Gasteiger partial charge < -0.3 is 4.90 Å². The molecule has 0 saturated carbocycles. The molecule has 0 aliphatic rings. The summed E-state index contributed by atoms with van der Waals surface area (Å²) in [7, 11) is 0.825. The van der Waals surface area contributed by atoms with Crippen molar-refractivity contribution in [1.29, 1.82) is 0 Å². The second-order valence-electron chi connectivity index (χ2n) is 5.00. The van der Waals surface area contributed by atoms with Crippen LogP contribution in [0.5, 0.6) is 0 Å². The Balaban J connectivity index is 2.14. The quantitative estimate of drug-likeness (QED) is 0.865. The fourth-order valence-electron chi connectivity index (χ4n) is 1.86. The first-order valence-electron chi connectivity index (χ1n) is 6.27. The van der Waals surface area contributed by atoms with E-state index >= 15 is 0 Å². The van der Waals surface area contributed by atoms with Crippen LogP contribution in [0.1, 0.15) is 11.3 Å². The number of sulfone groups is 1. The molecule has 0 spiro atoms. The van der Waals surface area contributed by atoms with Crippen molar-refractivity contribution in [3.63, 3.8) is 0 Å². The highest BCUT2D eigenvalue weighted by molar-refractivity contribution is 7.90. The molecule has 106 valence electrons. The number of benzene rings is 1. The molecule has 0 N–H and O–H groups in total. The van der Waals surface area contributed by atoms with Crippen molar-refractivity contribution in [3.8, 4) is 0 Å². The van der Waals surface area contributed by atoms with Gasteiger partial charge in [-0.3, -0.25) is 4.98 Å². The molecule has 0 atom stereocenters. The average molecular weight is 290 g/mol. The molecule has 0 aliphatic carbocycles. The van der Waals surface area contributed by atoms with Gasteiger partial charge in [-0.15, -0.1) is 0 Å². The predicted octanol–water partition coefficient (Wildman–Crippen LogP) is 2.14. The maximum Gasteiger partial charge on any atom is 0.177 e. The Morgan fingerprint density at radius 3 is 2.15 bits per heavy atom. The molecule has 4 nitrogen and oxygen atoms in total. The Bertz CT molecular complexity index is 675. The molecule has 0 aliphatic heterocycles. The van der Waals surface area contributed by atoms with E-state index in [0.717, 1.165) is 16.9 Å². The van der Waals surface area contributed by atoms with Gasteiger partial charge in [0, 0.05) is 44.4 Å². The molecule has 1 aromatic heterocycles. The van der Waals surface area contributed by atoms with Crippen molar-refractivity contribution in [3.05, 3.63) is 53.9 Å². The minimum atomic E-state index is -3.18. The molecule has 0 radical (unpaired) electrons. The highest BCUT2D eigenvalue weighted by atomic mass is 32.2. The van der Waals surface area contributed by atoms with Crippen LogP contribution < -0.4 is 4.90 Å². The third-order valence-corrected chi connectivity index (χ3v) is 4.16. The summed E-state index contributed by atoms with van der Waals surface area (Å²) in [4.78, 5) is 6.51. The van der Waals surface area contributed by atoms with Crippen LogP contribution in [0.4, 0.5) is 5.69 Å². The summed E-state index contributed by atoms with van der Waals surface area (Å²) in [5.41, 5.74) is 3.15. The minimum absolute atomic E-state index is 0.254. The Morgan fingerprint density at radius 1 is 1.05 bits per heavy atom. The molecule has 0 saturated heterocycles. The van der Waals surface area contributed by atoms with Crippen LogP contribution in [-0.4, -0.2) is 33.8 Å². The van der Waals surface area contributed by atoms with Gasteiger partial charge in [0.2, 0.25) is 0 Å². The van der Waals surface area contributed by atoms with Crippen LogP contribution in [0.2, 0.25) is 0 Å². The smallest absolute Gasteiger partial charge is 0.177 e. The van der Waals surface area contributed by atoms with E-state index in [4.69, 9.17) is 0 Å². The van der Waals surface area contributed by atoms with Crippen LogP contribution in [0.15, 0.2) is 47.5 Å². The second-order valence-corrected chi connectivity index (χ2v) is 7.01. The van der Waals surface area contributed by atoms with E-state index in [2.05, 4.69) is 29.2 Å². The number of hydrogen-bond acceptors (Lipinski definition) is 4. The fraction of sp³-hybridized carbons (Fsp3) is 0.267. The van der Waals surface area contributed by atoms with E-state index in [1.165, 1.54) is 12.5 Å². The van der Waals surface area contributed by atoms with Gasteiger partial charge >= 0.3 is 0 Å². The number of hydrogen-bond donors (Lipinski definition) is 0. The van der Waals surface area contributed by atoms with Gasteiger partial charge in [0.25, 0.3) is 0 Å². The number of anilines is 1. The zero-order valence-electron chi connectivity index (χ0n) is 11.9. The van der Waals surface area contributed by atoms with E-state index in [9.17, 15) is 8.42 Å². The van der Waals surface area contributed by atoms with Gasteiger partial charge in [0.1, 0.15) is 0 Å². The Labute approximate surface area is 120 Å². The monoisotopic (exact) mass is 290 g/mol. The summed E-state index contributed by atoms with van der Waals surface area (Å²) in [5, 5.41) is 0. The van der Waals surface area contributed by atoms with Crippen molar-refractivity contribution < 1.29 is 8.42 Å². The van der Waals surface area contributed by atoms with Crippen molar-refractivity contribution >= 4 is 15.5 Å². The fourth-order valence-corrected chi connectivity index (χ4v) is 2.42. The first kappa shape index (κ1) is 14.5. The molecular formula is C15H18N2O2S. The molecule has 1 aromatic carbocycles. The van der Waals surface area contributed by atoms with Crippen LogP contribution >= 0.6 is 0 Å². The molecule has 0 fully saturated rings. The summed E-state index contributed by atoms with van der Waals surface area (Å²) < 4.78 is 22.7. The maximum atomic E-state index is 11.4. The van der Waals surface area contributed by atoms with Crippen molar-refractivity contribution in [2.75, 3.05) is 25.3 Å². The summed E-state index contributed by atoms with van der Waals surface area (Å²) in [6, 6.07) is 11.6. The van der Waals surface area contributed by atoms with Crippen molar-refractivity contribution in [2.45, 2.75) is 11.3 Å². The third kappa shape index (κ3) is 3.57. The second kappa shape index (κ2) is 5.63. The van der Waals surface area contributed by atoms with E-state index in [1.807, 2.05) is 19.0 Å². The Hall–Kier alpha value is -1.88. The number of rotatable bonds is 4. The molecule has 20 heavy (non-hydrogen) atoms. The van der Waals surface area contributed by atoms with E-state index in [-0.39, 0.29) is 4.90 Å². The van der Waals surface area contributed by atoms with Gasteiger partial charge in [0.05, 0.1) is 4.90 Å². The molecular weight excluding hydrogens is 272 g/mol. The molecule has 0 bridgehead atoms. The molecule has 5 heteroatoms. The van der Waals surface area contributed by atoms with E-state index in [0.29, 0.717) is 6.42 Å². The molecule has 1 heterocycles. The largest absolute Gasteiger partial charge is 0.378 e. The first-order chi connectivity index (χ1) is 9.36. The van der Waals surface area contributed by atoms with Crippen LogP contribution in [0.3, 0.4) is 0 Å². The highest BCUT2D eigenvalue weighted by Gasteiger charge is 2.07. The maximum absolute atomic E-state index is 11.4. The van der Waals surface area contributed by atoms with E-state index < -0.39 is 9.84 Å². The topological polar surface area (TPSA) is 50.3 Å². The lowest BCUT2D eigenvalue weighted by Gasteiger charge is -2.12. The summed E-state index contributed by atoms with van der Waals surface area (Å²) in [6.07, 6.45) is 3.29. The van der Waals surface area contributed by atoms with Gasteiger partial charge in [0.15, 0.2) is 9.84 Å². The van der Waals surface area contributed by atoms with Crippen molar-refractivity contribution in [2.24, 2.45) is 0 Å². The minimum Gasteiger partial charge on any atom is -0.378 e. The van der Waals surface area contributed by atoms with Gasteiger partial charge in [-0.25, -0.2) is 8.42 Å². The number of nitrogens with zero attached hydrogens (tertiary/aromatic N) is 2. The predicted molar refractivity (Wildman–Crippen MR) is 80.9 cm³/mol. The van der Waals surface area contributed by atoms with Gasteiger partial charge in [-0.2, -0.15) is 0 Å². The van der Waals surface area contributed by atoms with Gasteiger partial charge in [-0.1, -0.05) is 12.1 Å². The van der Waals surface area contributed by atoms with Crippen LogP contribution in [-0.2, 0) is 16.3 Å². The van der Waals surface area contributed by atoms with E-state index in [1.54, 1.807) is 12.1 Å². The number of pyridine rings is 1. The molecule has 2 aromatic rings. The summed E-state index contributed by atoms with van der Waals surface area (Å²) in [6.45, 7) is 0. The Morgan fingerprint density at radius 2 is 1.70 bits per heavy atom. The average Bonchev–Trinajstić information content (AvgIpc) is 2.39. The van der Waals surface area contributed by atoms with Crippen LogP contribution in [0, 0.1) is 0 Å². The lowest BCUT2D eigenvalue weighted by molar-refractivity contribution is 0.601. The highest BCUT2D eigenvalue weighted by Crippen LogP contribution is 2.15. The molecule has 2 rings (SSSR count). The molecule has 0 amide bonds. The standard InChI is InChI=1S/C15H18N2O2S/c1-17(2)14-7-4-12(5-8-14)10-13-6-9-15(11-16-13)20(3,18)19/h4-9,11H,10H2,1-3H3. The summed E-state index contributed by atoms with van der Waals surface area (Å²) >= 11 is 0. The lowest BCUT2D eigenvalue weighted by Crippen LogP contribution is -2.08. The van der Waals surface area contributed by atoms with Crippen LogP contribution in [0.25, 0.3) is 0 Å². The normalized spacial score (nSPS) is 11.3. The SMILES string of the molecule is CN(C)c1ccc(Cc2ccc(S(C)(=O)=O)cn2)cc1. The molecule has 0 unspecified atom stereocenters. The van der Waals surface area contributed by atoms with Gasteiger partial charge in [-0.05, 0) is 29.8 Å². The number of aromatic nitrogens is 1. The summed E-state index contributed by atoms with van der Waals surface area (Å²) in [5.74, 6) is 0. The first-order valence-corrected chi connectivity index (χ1v) is 8.16. The Kier molecular flexibility index (Phi) is 4.09. The zero-order valence-corrected chi connectivity index (χ0v) is 12.7.